The topological polar surface area (TPSA) is 35.2 Å². The Morgan fingerprint density at radius 1 is 1.40 bits per heavy atom. The molecule has 2 nitrogen and oxygen atoms in total. The minimum absolute atomic E-state index is 0.394. The summed E-state index contributed by atoms with van der Waals surface area (Å²) in [6, 6.07) is 6.89. The summed E-state index contributed by atoms with van der Waals surface area (Å²) in [5, 5.41) is 0. The first-order valence-electron chi connectivity index (χ1n) is 5.67. The van der Waals surface area contributed by atoms with Crippen LogP contribution in [0.15, 0.2) is 18.2 Å². The molecule has 0 aliphatic heterocycles. The number of rotatable bonds is 3. The normalized spacial score (nSPS) is 24.7. The van der Waals surface area contributed by atoms with E-state index in [-0.39, 0.29) is 0 Å². The molecular formula is C13H19NO. The van der Waals surface area contributed by atoms with Crippen molar-refractivity contribution < 1.29 is 4.74 Å². The van der Waals surface area contributed by atoms with Crippen molar-refractivity contribution in [3.8, 4) is 5.75 Å². The van der Waals surface area contributed by atoms with Crippen LogP contribution in [-0.2, 0) is 6.42 Å². The zero-order chi connectivity index (χ0) is 10.8. The van der Waals surface area contributed by atoms with Gasteiger partial charge in [-0.3, -0.25) is 0 Å². The molecular weight excluding hydrogens is 186 g/mol. The molecule has 1 aliphatic rings. The molecule has 1 aliphatic carbocycles. The van der Waals surface area contributed by atoms with Crippen molar-refractivity contribution >= 4 is 0 Å². The number of methoxy groups -OCH3 is 1. The predicted molar refractivity (Wildman–Crippen MR) is 62.3 cm³/mol. The van der Waals surface area contributed by atoms with Crippen LogP contribution in [0.3, 0.4) is 0 Å². The van der Waals surface area contributed by atoms with E-state index in [2.05, 4.69) is 25.1 Å². The molecule has 0 heterocycles. The van der Waals surface area contributed by atoms with E-state index in [1.807, 2.05) is 0 Å². The van der Waals surface area contributed by atoms with Crippen LogP contribution in [0, 0.1) is 0 Å². The summed E-state index contributed by atoms with van der Waals surface area (Å²) in [7, 11) is 1.74. The predicted octanol–water partition coefficient (Wildman–Crippen LogP) is 2.46. The molecule has 82 valence electrons. The maximum Gasteiger partial charge on any atom is 0.122 e. The third-order valence-corrected chi connectivity index (χ3v) is 3.32. The first-order valence-corrected chi connectivity index (χ1v) is 5.67. The van der Waals surface area contributed by atoms with E-state index in [1.54, 1.807) is 7.11 Å². The van der Waals surface area contributed by atoms with Gasteiger partial charge < -0.3 is 10.5 Å². The Labute approximate surface area is 91.4 Å². The van der Waals surface area contributed by atoms with E-state index in [0.717, 1.165) is 25.0 Å². The third kappa shape index (κ3) is 2.00. The van der Waals surface area contributed by atoms with Crippen molar-refractivity contribution in [2.75, 3.05) is 7.11 Å². The molecule has 1 aromatic carbocycles. The highest BCUT2D eigenvalue weighted by Gasteiger charge is 2.29. The van der Waals surface area contributed by atoms with Gasteiger partial charge in [0.05, 0.1) is 7.11 Å². The van der Waals surface area contributed by atoms with Crippen molar-refractivity contribution in [1.82, 2.24) is 0 Å². The van der Waals surface area contributed by atoms with Crippen LogP contribution in [0.25, 0.3) is 0 Å². The van der Waals surface area contributed by atoms with Crippen LogP contribution in [0.1, 0.15) is 36.8 Å². The Balaban J connectivity index is 2.26. The third-order valence-electron chi connectivity index (χ3n) is 3.32. The highest BCUT2D eigenvalue weighted by Crippen LogP contribution is 2.40. The Bertz CT molecular complexity index is 342. The van der Waals surface area contributed by atoms with E-state index in [9.17, 15) is 0 Å². The summed E-state index contributed by atoms with van der Waals surface area (Å²) in [4.78, 5) is 0. The van der Waals surface area contributed by atoms with Crippen LogP contribution < -0.4 is 10.5 Å². The molecule has 0 aromatic heterocycles. The summed E-state index contributed by atoms with van der Waals surface area (Å²) in [6.07, 6.45) is 3.28. The van der Waals surface area contributed by atoms with Crippen LogP contribution in [-0.4, -0.2) is 13.2 Å². The summed E-state index contributed by atoms with van der Waals surface area (Å²) in [5.74, 6) is 1.63. The number of benzene rings is 1. The first-order chi connectivity index (χ1) is 7.24. The van der Waals surface area contributed by atoms with E-state index >= 15 is 0 Å². The molecule has 1 aromatic rings. The minimum atomic E-state index is 0.394. The zero-order valence-corrected chi connectivity index (χ0v) is 9.49. The fraction of sp³-hybridized carbons (Fsp3) is 0.538. The molecule has 0 bridgehead atoms. The highest BCUT2D eigenvalue weighted by atomic mass is 16.5. The Hall–Kier alpha value is -1.02. The van der Waals surface area contributed by atoms with Gasteiger partial charge in [-0.05, 0) is 42.4 Å². The Kier molecular flexibility index (Phi) is 2.96. The average Bonchev–Trinajstić information content (AvgIpc) is 2.24. The summed E-state index contributed by atoms with van der Waals surface area (Å²) >= 11 is 0. The lowest BCUT2D eigenvalue weighted by molar-refractivity contribution is 0.333. The molecule has 0 atom stereocenters. The van der Waals surface area contributed by atoms with E-state index in [1.165, 1.54) is 11.1 Å². The van der Waals surface area contributed by atoms with Crippen molar-refractivity contribution in [2.24, 2.45) is 5.73 Å². The van der Waals surface area contributed by atoms with Gasteiger partial charge in [0, 0.05) is 6.04 Å². The van der Waals surface area contributed by atoms with Crippen molar-refractivity contribution in [1.29, 1.82) is 0 Å². The van der Waals surface area contributed by atoms with Crippen LogP contribution in [0.2, 0.25) is 0 Å². The minimum Gasteiger partial charge on any atom is -0.496 e. The van der Waals surface area contributed by atoms with Gasteiger partial charge >= 0.3 is 0 Å². The lowest BCUT2D eigenvalue weighted by Crippen LogP contribution is -2.34. The molecule has 2 rings (SSSR count). The smallest absolute Gasteiger partial charge is 0.122 e. The number of hydrogen-bond acceptors (Lipinski definition) is 2. The van der Waals surface area contributed by atoms with Crippen molar-refractivity contribution in [2.45, 2.75) is 38.1 Å². The number of nitrogens with two attached hydrogens (primary N) is 1. The van der Waals surface area contributed by atoms with E-state index < -0.39 is 0 Å². The molecule has 0 saturated heterocycles. The maximum atomic E-state index is 5.83. The Morgan fingerprint density at radius 2 is 2.13 bits per heavy atom. The largest absolute Gasteiger partial charge is 0.496 e. The average molecular weight is 205 g/mol. The van der Waals surface area contributed by atoms with Crippen LogP contribution in [0.5, 0.6) is 5.75 Å². The van der Waals surface area contributed by atoms with E-state index in [0.29, 0.717) is 12.0 Å². The van der Waals surface area contributed by atoms with Gasteiger partial charge in [-0.15, -0.1) is 0 Å². The summed E-state index contributed by atoms with van der Waals surface area (Å²) in [6.45, 7) is 2.18. The standard InChI is InChI=1S/C13H19NO/c1-3-9-4-5-13(15-2)12(6-9)10-7-11(14)8-10/h4-6,10-11H,3,7-8,14H2,1-2H3. The van der Waals surface area contributed by atoms with Gasteiger partial charge in [0.1, 0.15) is 5.75 Å². The molecule has 2 heteroatoms. The number of ether oxygens (including phenoxy) is 1. The van der Waals surface area contributed by atoms with E-state index in [4.69, 9.17) is 10.5 Å². The molecule has 0 unspecified atom stereocenters. The molecule has 2 N–H and O–H groups in total. The van der Waals surface area contributed by atoms with Gasteiger partial charge in [0.25, 0.3) is 0 Å². The Morgan fingerprint density at radius 3 is 2.67 bits per heavy atom. The number of hydrogen-bond donors (Lipinski definition) is 1. The molecule has 0 radical (unpaired) electrons. The SMILES string of the molecule is CCc1ccc(OC)c(C2CC(N)C2)c1. The lowest BCUT2D eigenvalue weighted by atomic mass is 9.75. The highest BCUT2D eigenvalue weighted by molar-refractivity contribution is 5.41. The molecule has 1 saturated carbocycles. The molecule has 1 fully saturated rings. The zero-order valence-electron chi connectivity index (χ0n) is 9.49. The van der Waals surface area contributed by atoms with Crippen molar-refractivity contribution in [3.63, 3.8) is 0 Å². The number of aryl methyl sites for hydroxylation is 1. The van der Waals surface area contributed by atoms with Crippen LogP contribution >= 0.6 is 0 Å². The second-order valence-corrected chi connectivity index (χ2v) is 4.36. The maximum absolute atomic E-state index is 5.83. The lowest BCUT2D eigenvalue weighted by Gasteiger charge is -2.33. The fourth-order valence-corrected chi connectivity index (χ4v) is 2.24. The quantitative estimate of drug-likeness (QED) is 0.822. The monoisotopic (exact) mass is 205 g/mol. The summed E-state index contributed by atoms with van der Waals surface area (Å²) in [5.41, 5.74) is 8.55. The summed E-state index contributed by atoms with van der Waals surface area (Å²) < 4.78 is 5.40. The second kappa shape index (κ2) is 4.23. The fourth-order valence-electron chi connectivity index (χ4n) is 2.24. The van der Waals surface area contributed by atoms with Gasteiger partial charge in [-0.25, -0.2) is 0 Å². The van der Waals surface area contributed by atoms with Gasteiger partial charge in [0.15, 0.2) is 0 Å². The molecule has 0 spiro atoms. The van der Waals surface area contributed by atoms with Gasteiger partial charge in [-0.2, -0.15) is 0 Å². The molecule has 15 heavy (non-hydrogen) atoms. The first kappa shape index (κ1) is 10.5. The van der Waals surface area contributed by atoms with Gasteiger partial charge in [0.2, 0.25) is 0 Å². The van der Waals surface area contributed by atoms with Crippen LogP contribution in [0.4, 0.5) is 0 Å². The van der Waals surface area contributed by atoms with Crippen molar-refractivity contribution in [3.05, 3.63) is 29.3 Å². The molecule has 0 amide bonds. The van der Waals surface area contributed by atoms with Gasteiger partial charge in [-0.1, -0.05) is 19.1 Å². The second-order valence-electron chi connectivity index (χ2n) is 4.36.